The Kier molecular flexibility index (Phi) is 8.67. The van der Waals surface area contributed by atoms with Crippen molar-refractivity contribution < 1.29 is 9.72 Å². The zero-order chi connectivity index (χ0) is 21.7. The molecule has 0 unspecified atom stereocenters. The van der Waals surface area contributed by atoms with Gasteiger partial charge < -0.3 is 4.90 Å². The first-order valence-electron chi connectivity index (χ1n) is 9.60. The molecule has 0 aliphatic rings. The Morgan fingerprint density at radius 3 is 2.61 bits per heavy atom. The minimum Gasteiger partial charge on any atom is -0.309 e. The van der Waals surface area contributed by atoms with Gasteiger partial charge in [0.1, 0.15) is 0 Å². The molecule has 0 saturated heterocycles. The first-order chi connectivity index (χ1) is 14.3. The van der Waals surface area contributed by atoms with Gasteiger partial charge in [-0.3, -0.25) is 19.8 Å². The van der Waals surface area contributed by atoms with Crippen LogP contribution < -0.4 is 4.90 Å². The third-order valence-corrected chi connectivity index (χ3v) is 5.64. The highest BCUT2D eigenvalue weighted by Gasteiger charge is 2.18. The van der Waals surface area contributed by atoms with E-state index in [4.69, 9.17) is 4.98 Å². The predicted octanol–water partition coefficient (Wildman–Crippen LogP) is 4.93. The lowest BCUT2D eigenvalue weighted by molar-refractivity contribution is -0.384. The molecule has 0 saturated carbocycles. The molecule has 3 aromatic rings. The van der Waals surface area contributed by atoms with E-state index in [1.165, 1.54) is 29.5 Å². The molecule has 0 spiro atoms. The van der Waals surface area contributed by atoms with Gasteiger partial charge in [0.05, 0.1) is 15.1 Å². The predicted molar refractivity (Wildman–Crippen MR) is 129 cm³/mol. The van der Waals surface area contributed by atoms with Crippen LogP contribution in [0.25, 0.3) is 16.3 Å². The van der Waals surface area contributed by atoms with Gasteiger partial charge in [-0.15, -0.1) is 12.4 Å². The number of non-ortho nitro benzene ring substituents is 1. The Balaban J connectivity index is 0.00000341. The van der Waals surface area contributed by atoms with Gasteiger partial charge in [0.2, 0.25) is 0 Å². The number of rotatable bonds is 8. The summed E-state index contributed by atoms with van der Waals surface area (Å²) in [5, 5.41) is 11.6. The summed E-state index contributed by atoms with van der Waals surface area (Å²) in [7, 11) is 3.99. The number of amides is 1. The number of carbonyl (C=O) groups is 1. The van der Waals surface area contributed by atoms with Crippen molar-refractivity contribution in [3.05, 3.63) is 69.8 Å². The van der Waals surface area contributed by atoms with Crippen LogP contribution in [0.5, 0.6) is 0 Å². The van der Waals surface area contributed by atoms with Crippen LogP contribution in [0.2, 0.25) is 0 Å². The van der Waals surface area contributed by atoms with Crippen molar-refractivity contribution in [2.75, 3.05) is 32.1 Å². The summed E-state index contributed by atoms with van der Waals surface area (Å²) in [5.41, 5.74) is 2.58. The summed E-state index contributed by atoms with van der Waals surface area (Å²) >= 11 is 1.49. The van der Waals surface area contributed by atoms with Crippen molar-refractivity contribution in [1.29, 1.82) is 0 Å². The van der Waals surface area contributed by atoms with E-state index in [2.05, 4.69) is 4.90 Å². The number of hydrogen-bond acceptors (Lipinski definition) is 6. The summed E-state index contributed by atoms with van der Waals surface area (Å²) in [5.74, 6) is -0.197. The lowest BCUT2D eigenvalue weighted by Crippen LogP contribution is -2.32. The van der Waals surface area contributed by atoms with Crippen LogP contribution in [0.4, 0.5) is 10.8 Å². The van der Waals surface area contributed by atoms with Gasteiger partial charge in [-0.1, -0.05) is 35.6 Å². The minimum atomic E-state index is -0.448. The third kappa shape index (κ3) is 6.33. The molecule has 0 aliphatic carbocycles. The van der Waals surface area contributed by atoms with E-state index in [9.17, 15) is 14.9 Å². The smallest absolute Gasteiger partial charge is 0.270 e. The van der Waals surface area contributed by atoms with Gasteiger partial charge in [-0.2, -0.15) is 0 Å². The Hall–Kier alpha value is -2.81. The van der Waals surface area contributed by atoms with Crippen LogP contribution in [0.3, 0.4) is 0 Å². The molecule has 164 valence electrons. The van der Waals surface area contributed by atoms with E-state index in [0.717, 1.165) is 28.7 Å². The largest absolute Gasteiger partial charge is 0.309 e. The number of aryl methyl sites for hydroxylation is 1. The number of nitro benzene ring substituents is 1. The molecule has 0 atom stereocenters. The summed E-state index contributed by atoms with van der Waals surface area (Å²) in [6.45, 7) is 3.39. The van der Waals surface area contributed by atoms with Crippen LogP contribution in [0.1, 0.15) is 17.5 Å². The fourth-order valence-electron chi connectivity index (χ4n) is 3.03. The molecule has 31 heavy (non-hydrogen) atoms. The number of nitro groups is 1. The van der Waals surface area contributed by atoms with Gasteiger partial charge >= 0.3 is 0 Å². The van der Waals surface area contributed by atoms with E-state index in [-0.39, 0.29) is 24.0 Å². The number of para-hydroxylation sites is 1. The molecular weight excluding hydrogens is 436 g/mol. The molecule has 7 nitrogen and oxygen atoms in total. The molecule has 3 rings (SSSR count). The maximum Gasteiger partial charge on any atom is 0.270 e. The van der Waals surface area contributed by atoms with Gasteiger partial charge in [0.25, 0.3) is 11.6 Å². The van der Waals surface area contributed by atoms with E-state index in [1.54, 1.807) is 23.1 Å². The molecule has 1 heterocycles. The summed E-state index contributed by atoms with van der Waals surface area (Å²) in [6.07, 6.45) is 3.86. The van der Waals surface area contributed by atoms with Crippen molar-refractivity contribution in [3.8, 4) is 0 Å². The molecule has 0 fully saturated rings. The molecule has 0 radical (unpaired) electrons. The van der Waals surface area contributed by atoms with E-state index >= 15 is 0 Å². The second-order valence-electron chi connectivity index (χ2n) is 7.25. The molecule has 1 aromatic heterocycles. The quantitative estimate of drug-likeness (QED) is 0.270. The zero-order valence-electron chi connectivity index (χ0n) is 17.6. The summed E-state index contributed by atoms with van der Waals surface area (Å²) < 4.78 is 1.04. The number of thiazole rings is 1. The number of carbonyl (C=O) groups excluding carboxylic acids is 1. The lowest BCUT2D eigenvalue weighted by Gasteiger charge is -2.19. The SMILES string of the molecule is Cc1cccc2sc(N(CCCN(C)C)C(=O)C=Cc3cccc([N+](=O)[O-])c3)nc12.Cl. The average Bonchev–Trinajstić information content (AvgIpc) is 3.14. The van der Waals surface area contributed by atoms with Crippen molar-refractivity contribution in [3.63, 3.8) is 0 Å². The Bertz CT molecular complexity index is 1100. The van der Waals surface area contributed by atoms with E-state index < -0.39 is 4.92 Å². The third-order valence-electron chi connectivity index (χ3n) is 4.59. The van der Waals surface area contributed by atoms with Crippen LogP contribution in [0, 0.1) is 17.0 Å². The zero-order valence-corrected chi connectivity index (χ0v) is 19.3. The molecule has 0 bridgehead atoms. The highest BCUT2D eigenvalue weighted by Crippen LogP contribution is 2.31. The molecule has 0 N–H and O–H groups in total. The Labute approximate surface area is 191 Å². The van der Waals surface area contributed by atoms with Gasteiger partial charge in [-0.05, 0) is 57.3 Å². The molecule has 2 aromatic carbocycles. The first kappa shape index (κ1) is 24.5. The number of halogens is 1. The maximum atomic E-state index is 13.0. The van der Waals surface area contributed by atoms with Crippen LogP contribution in [-0.4, -0.2) is 47.9 Å². The number of benzene rings is 2. The van der Waals surface area contributed by atoms with Crippen LogP contribution in [-0.2, 0) is 4.79 Å². The van der Waals surface area contributed by atoms with Crippen LogP contribution >= 0.6 is 23.7 Å². The number of anilines is 1. The summed E-state index contributed by atoms with van der Waals surface area (Å²) in [4.78, 5) is 32.0. The topological polar surface area (TPSA) is 79.6 Å². The molecule has 9 heteroatoms. The highest BCUT2D eigenvalue weighted by molar-refractivity contribution is 7.22. The summed E-state index contributed by atoms with van der Waals surface area (Å²) in [6, 6.07) is 12.2. The maximum absolute atomic E-state index is 13.0. The van der Waals surface area contributed by atoms with E-state index in [1.807, 2.05) is 39.2 Å². The standard InChI is InChI=1S/C22H24N4O3S.ClH/c1-16-7-4-10-19-21(16)23-22(30-19)25(14-6-13-24(2)3)20(27)12-11-17-8-5-9-18(15-17)26(28)29;/h4-5,7-12,15H,6,13-14H2,1-3H3;1H. The van der Waals surface area contributed by atoms with E-state index in [0.29, 0.717) is 17.2 Å². The van der Waals surface area contributed by atoms with Crippen molar-refractivity contribution in [2.45, 2.75) is 13.3 Å². The normalized spacial score (nSPS) is 11.1. The fraction of sp³-hybridized carbons (Fsp3) is 0.273. The van der Waals surface area contributed by atoms with Crippen molar-refractivity contribution >= 4 is 56.8 Å². The Morgan fingerprint density at radius 2 is 1.94 bits per heavy atom. The molecule has 0 aliphatic heterocycles. The number of fused-ring (bicyclic) bond motifs is 1. The van der Waals surface area contributed by atoms with Gasteiger partial charge in [0.15, 0.2) is 5.13 Å². The lowest BCUT2D eigenvalue weighted by atomic mass is 10.2. The number of aromatic nitrogens is 1. The highest BCUT2D eigenvalue weighted by atomic mass is 35.5. The Morgan fingerprint density at radius 1 is 1.19 bits per heavy atom. The fourth-order valence-corrected chi connectivity index (χ4v) is 4.11. The second kappa shape index (κ2) is 11.0. The number of hydrogen-bond donors (Lipinski definition) is 0. The molecular formula is C22H25ClN4O3S. The monoisotopic (exact) mass is 460 g/mol. The van der Waals surface area contributed by atoms with Crippen LogP contribution in [0.15, 0.2) is 48.5 Å². The van der Waals surface area contributed by atoms with Crippen molar-refractivity contribution in [1.82, 2.24) is 9.88 Å². The first-order valence-corrected chi connectivity index (χ1v) is 10.4. The van der Waals surface area contributed by atoms with Gasteiger partial charge in [0, 0.05) is 24.8 Å². The number of nitrogens with zero attached hydrogens (tertiary/aromatic N) is 4. The molecule has 1 amide bonds. The second-order valence-corrected chi connectivity index (χ2v) is 8.26. The minimum absolute atomic E-state index is 0. The van der Waals surface area contributed by atoms with Crippen molar-refractivity contribution in [2.24, 2.45) is 0 Å². The van der Waals surface area contributed by atoms with Gasteiger partial charge in [-0.25, -0.2) is 4.98 Å². The average molecular weight is 461 g/mol.